The maximum atomic E-state index is 12.3. The summed E-state index contributed by atoms with van der Waals surface area (Å²) in [5.74, 6) is -0.698. The molecule has 0 spiro atoms. The van der Waals surface area contributed by atoms with Crippen molar-refractivity contribution in [2.45, 2.75) is 58.5 Å². The lowest BCUT2D eigenvalue weighted by Crippen LogP contribution is -2.40. The van der Waals surface area contributed by atoms with Gasteiger partial charge in [-0.15, -0.1) is 0 Å². The van der Waals surface area contributed by atoms with Crippen LogP contribution in [-0.4, -0.2) is 46.3 Å². The van der Waals surface area contributed by atoms with Crippen LogP contribution in [0.3, 0.4) is 0 Å². The largest absolute Gasteiger partial charge is 0.452 e. The summed E-state index contributed by atoms with van der Waals surface area (Å²) in [7, 11) is 1.79. The molecule has 0 N–H and O–H groups in total. The minimum atomic E-state index is -0.539. The van der Waals surface area contributed by atoms with E-state index in [0.29, 0.717) is 11.6 Å². The molecule has 0 aliphatic heterocycles. The average Bonchev–Trinajstić information content (AvgIpc) is 3.04. The highest BCUT2D eigenvalue weighted by Crippen LogP contribution is 2.22. The third-order valence-corrected chi connectivity index (χ3v) is 6.32. The Labute approximate surface area is 188 Å². The van der Waals surface area contributed by atoms with Gasteiger partial charge in [0, 0.05) is 35.4 Å². The van der Waals surface area contributed by atoms with E-state index in [1.165, 1.54) is 12.5 Å². The molecule has 1 heterocycles. The smallest absolute Gasteiger partial charge is 0.331 e. The van der Waals surface area contributed by atoms with Crippen LogP contribution in [0.2, 0.25) is 5.02 Å². The summed E-state index contributed by atoms with van der Waals surface area (Å²) in [6, 6.07) is 7.91. The molecule has 1 aliphatic rings. The summed E-state index contributed by atoms with van der Waals surface area (Å²) in [6.07, 6.45) is 8.61. The highest BCUT2D eigenvalue weighted by Gasteiger charge is 2.22. The Morgan fingerprint density at radius 1 is 1.23 bits per heavy atom. The van der Waals surface area contributed by atoms with Crippen molar-refractivity contribution in [3.63, 3.8) is 0 Å². The van der Waals surface area contributed by atoms with Crippen LogP contribution in [0.4, 0.5) is 0 Å². The molecule has 31 heavy (non-hydrogen) atoms. The third kappa shape index (κ3) is 5.97. The van der Waals surface area contributed by atoms with Crippen LogP contribution in [0.1, 0.15) is 54.6 Å². The van der Waals surface area contributed by atoms with Crippen molar-refractivity contribution in [3.8, 4) is 0 Å². The number of carbonyl (C=O) groups is 2. The van der Waals surface area contributed by atoms with Gasteiger partial charge in [-0.25, -0.2) is 4.79 Å². The van der Waals surface area contributed by atoms with E-state index in [-0.39, 0.29) is 18.6 Å². The van der Waals surface area contributed by atoms with E-state index in [4.69, 9.17) is 16.3 Å². The van der Waals surface area contributed by atoms with Crippen molar-refractivity contribution in [1.29, 1.82) is 0 Å². The maximum Gasteiger partial charge on any atom is 0.331 e. The molecule has 0 saturated heterocycles. The van der Waals surface area contributed by atoms with Gasteiger partial charge in [-0.2, -0.15) is 5.10 Å². The zero-order chi connectivity index (χ0) is 22.4. The topological polar surface area (TPSA) is 64.4 Å². The molecule has 0 unspecified atom stereocenters. The van der Waals surface area contributed by atoms with Gasteiger partial charge in [0.25, 0.3) is 5.91 Å². The van der Waals surface area contributed by atoms with E-state index in [0.717, 1.165) is 48.2 Å². The van der Waals surface area contributed by atoms with Gasteiger partial charge >= 0.3 is 5.97 Å². The highest BCUT2D eigenvalue weighted by molar-refractivity contribution is 6.31. The molecule has 1 amide bonds. The summed E-state index contributed by atoms with van der Waals surface area (Å²) in [5.41, 5.74) is 3.57. The minimum Gasteiger partial charge on any atom is -0.452 e. The molecule has 2 aromatic rings. The van der Waals surface area contributed by atoms with Crippen LogP contribution in [0.15, 0.2) is 30.3 Å². The first-order valence-electron chi connectivity index (χ1n) is 10.7. The van der Waals surface area contributed by atoms with E-state index in [1.54, 1.807) is 18.0 Å². The lowest BCUT2D eigenvalue weighted by atomic mass is 9.94. The molecule has 6 nitrogen and oxygen atoms in total. The van der Waals surface area contributed by atoms with Gasteiger partial charge in [-0.1, -0.05) is 49.1 Å². The number of hydrogen-bond donors (Lipinski definition) is 0. The number of halogens is 1. The molecule has 0 bridgehead atoms. The van der Waals surface area contributed by atoms with Crippen molar-refractivity contribution in [2.75, 3.05) is 13.7 Å². The molecule has 0 atom stereocenters. The Morgan fingerprint density at radius 3 is 2.65 bits per heavy atom. The number of likely N-dealkylation sites (N-methyl/N-ethyl adjacent to an activating group) is 1. The fraction of sp³-hybridized carbons (Fsp3) is 0.458. The molecule has 1 aliphatic carbocycles. The van der Waals surface area contributed by atoms with Crippen LogP contribution >= 0.6 is 11.6 Å². The Hall–Kier alpha value is -2.60. The van der Waals surface area contributed by atoms with Gasteiger partial charge in [-0.3, -0.25) is 9.48 Å². The highest BCUT2D eigenvalue weighted by atomic mass is 35.5. The SMILES string of the molecule is Cc1nn(Cc2ccccc2Cl)c(C)c1/C=C/C(=O)OCC(=O)N(C)C1CCCCC1. The van der Waals surface area contributed by atoms with E-state index in [1.807, 2.05) is 42.8 Å². The first-order chi connectivity index (χ1) is 14.9. The van der Waals surface area contributed by atoms with Crippen molar-refractivity contribution >= 4 is 29.6 Å². The Balaban J connectivity index is 1.57. The second-order valence-electron chi connectivity index (χ2n) is 8.07. The van der Waals surface area contributed by atoms with Crippen molar-refractivity contribution in [1.82, 2.24) is 14.7 Å². The molecule has 166 valence electrons. The Bertz CT molecular complexity index is 961. The second kappa shape index (κ2) is 10.6. The molecule has 1 aromatic carbocycles. The Morgan fingerprint density at radius 2 is 1.94 bits per heavy atom. The van der Waals surface area contributed by atoms with E-state index in [2.05, 4.69) is 5.10 Å². The lowest BCUT2D eigenvalue weighted by Gasteiger charge is -2.31. The maximum absolute atomic E-state index is 12.3. The molecule has 0 radical (unpaired) electrons. The van der Waals surface area contributed by atoms with Gasteiger partial charge < -0.3 is 9.64 Å². The summed E-state index contributed by atoms with van der Waals surface area (Å²) in [4.78, 5) is 26.2. The predicted molar refractivity (Wildman–Crippen MR) is 122 cm³/mol. The molecule has 7 heteroatoms. The summed E-state index contributed by atoms with van der Waals surface area (Å²) >= 11 is 6.26. The van der Waals surface area contributed by atoms with Crippen molar-refractivity contribution in [2.24, 2.45) is 0 Å². The van der Waals surface area contributed by atoms with Crippen molar-refractivity contribution in [3.05, 3.63) is 57.9 Å². The monoisotopic (exact) mass is 443 g/mol. The first kappa shape index (κ1) is 23.1. The second-order valence-corrected chi connectivity index (χ2v) is 8.48. The van der Waals surface area contributed by atoms with Crippen molar-refractivity contribution < 1.29 is 14.3 Å². The standard InChI is InChI=1S/C24H30ClN3O3/c1-17-21(18(2)28(26-17)15-19-9-7-8-12-22(19)25)13-14-24(30)31-16-23(29)27(3)20-10-5-4-6-11-20/h7-9,12-14,20H,4-6,10-11,15-16H2,1-3H3/b14-13+. The molecule has 1 fully saturated rings. The first-order valence-corrected chi connectivity index (χ1v) is 11.1. The van der Waals surface area contributed by atoms with E-state index >= 15 is 0 Å². The summed E-state index contributed by atoms with van der Waals surface area (Å²) in [6.45, 7) is 4.15. The number of esters is 1. The zero-order valence-electron chi connectivity index (χ0n) is 18.4. The number of aromatic nitrogens is 2. The number of ether oxygens (including phenoxy) is 1. The molecular weight excluding hydrogens is 414 g/mol. The molecular formula is C24H30ClN3O3. The number of benzene rings is 1. The van der Waals surface area contributed by atoms with Gasteiger partial charge in [-0.05, 0) is 44.4 Å². The molecule has 1 aromatic heterocycles. The number of carbonyl (C=O) groups excluding carboxylic acids is 2. The predicted octanol–water partition coefficient (Wildman–Crippen LogP) is 4.55. The average molecular weight is 444 g/mol. The minimum absolute atomic E-state index is 0.159. The number of rotatable bonds is 7. The van der Waals surface area contributed by atoms with Gasteiger partial charge in [0.05, 0.1) is 12.2 Å². The van der Waals surface area contributed by atoms with E-state index < -0.39 is 5.97 Å². The fourth-order valence-electron chi connectivity index (χ4n) is 4.00. The van der Waals surface area contributed by atoms with Gasteiger partial charge in [0.1, 0.15) is 0 Å². The zero-order valence-corrected chi connectivity index (χ0v) is 19.2. The molecule has 3 rings (SSSR count). The normalized spacial score (nSPS) is 14.7. The van der Waals surface area contributed by atoms with Crippen LogP contribution in [0.5, 0.6) is 0 Å². The summed E-state index contributed by atoms with van der Waals surface area (Å²) in [5, 5.41) is 5.26. The van der Waals surface area contributed by atoms with Crippen LogP contribution < -0.4 is 0 Å². The summed E-state index contributed by atoms with van der Waals surface area (Å²) < 4.78 is 7.04. The number of aryl methyl sites for hydroxylation is 1. The third-order valence-electron chi connectivity index (χ3n) is 5.96. The fourth-order valence-corrected chi connectivity index (χ4v) is 4.20. The van der Waals surface area contributed by atoms with Gasteiger partial charge in [0.2, 0.25) is 0 Å². The number of nitrogens with zero attached hydrogens (tertiary/aromatic N) is 3. The number of amides is 1. The Kier molecular flexibility index (Phi) is 7.91. The van der Waals surface area contributed by atoms with Crippen LogP contribution in [0.25, 0.3) is 6.08 Å². The van der Waals surface area contributed by atoms with Crippen LogP contribution in [-0.2, 0) is 20.9 Å². The lowest BCUT2D eigenvalue weighted by molar-refractivity contribution is -0.148. The van der Waals surface area contributed by atoms with Gasteiger partial charge in [0.15, 0.2) is 6.61 Å². The quantitative estimate of drug-likeness (QED) is 0.465. The number of hydrogen-bond acceptors (Lipinski definition) is 4. The van der Waals surface area contributed by atoms with E-state index in [9.17, 15) is 9.59 Å². The molecule has 1 saturated carbocycles. The van der Waals surface area contributed by atoms with Crippen LogP contribution in [0, 0.1) is 13.8 Å².